The molecule has 0 spiro atoms. The van der Waals surface area contributed by atoms with Gasteiger partial charge in [0.15, 0.2) is 0 Å². The van der Waals surface area contributed by atoms with Gasteiger partial charge in [0.1, 0.15) is 0 Å². The molecule has 15 heavy (non-hydrogen) atoms. The van der Waals surface area contributed by atoms with Crippen molar-refractivity contribution < 1.29 is 4.79 Å². The average Bonchev–Trinajstić information content (AvgIpc) is 2.42. The molecule has 2 atom stereocenters. The molecule has 0 aromatic rings. The van der Waals surface area contributed by atoms with Crippen LogP contribution in [0.25, 0.3) is 0 Å². The Morgan fingerprint density at radius 1 is 1.33 bits per heavy atom. The van der Waals surface area contributed by atoms with Gasteiger partial charge in [0.25, 0.3) is 0 Å². The first-order chi connectivity index (χ1) is 7.13. The predicted octanol–water partition coefficient (Wildman–Crippen LogP) is 2.62. The first-order valence-corrected chi connectivity index (χ1v) is 6.15. The van der Waals surface area contributed by atoms with E-state index in [-0.39, 0.29) is 6.03 Å². The van der Waals surface area contributed by atoms with Crippen LogP contribution in [0.15, 0.2) is 0 Å². The van der Waals surface area contributed by atoms with Crippen molar-refractivity contribution in [1.29, 1.82) is 0 Å². The highest BCUT2D eigenvalue weighted by Crippen LogP contribution is 2.22. The van der Waals surface area contributed by atoms with E-state index < -0.39 is 0 Å². The Kier molecular flexibility index (Phi) is 4.92. The third kappa shape index (κ3) is 4.10. The molecule has 88 valence electrons. The van der Waals surface area contributed by atoms with Crippen molar-refractivity contribution in [3.8, 4) is 0 Å². The quantitative estimate of drug-likeness (QED) is 0.701. The highest BCUT2D eigenvalue weighted by atomic mass is 16.2. The fraction of sp³-hybridized carbons (Fsp3) is 0.917. The molecule has 0 aliphatic heterocycles. The average molecular weight is 212 g/mol. The summed E-state index contributed by atoms with van der Waals surface area (Å²) in [7, 11) is 1.84. The van der Waals surface area contributed by atoms with Crippen molar-refractivity contribution in [3.63, 3.8) is 0 Å². The normalized spacial score (nSPS) is 26.9. The number of carbonyl (C=O) groups excluding carboxylic acids is 1. The second kappa shape index (κ2) is 5.99. The van der Waals surface area contributed by atoms with Crippen LogP contribution in [0.3, 0.4) is 0 Å². The van der Waals surface area contributed by atoms with Crippen molar-refractivity contribution >= 4 is 6.03 Å². The minimum Gasteiger partial charge on any atom is -0.335 e. The van der Waals surface area contributed by atoms with Gasteiger partial charge in [-0.1, -0.05) is 19.8 Å². The summed E-state index contributed by atoms with van der Waals surface area (Å²) < 4.78 is 0. The Morgan fingerprint density at radius 2 is 2.07 bits per heavy atom. The second-order valence-corrected chi connectivity index (χ2v) is 4.77. The topological polar surface area (TPSA) is 32.3 Å². The summed E-state index contributed by atoms with van der Waals surface area (Å²) in [6, 6.07) is 0.480. The second-order valence-electron chi connectivity index (χ2n) is 4.77. The molecule has 1 saturated carbocycles. The highest BCUT2D eigenvalue weighted by molar-refractivity contribution is 5.74. The molecule has 0 aromatic carbocycles. The number of nitrogens with zero attached hydrogens (tertiary/aromatic N) is 1. The molecule has 0 aromatic heterocycles. The van der Waals surface area contributed by atoms with Crippen molar-refractivity contribution in [2.45, 2.75) is 52.0 Å². The van der Waals surface area contributed by atoms with Crippen LogP contribution in [0, 0.1) is 5.92 Å². The number of rotatable bonds is 2. The summed E-state index contributed by atoms with van der Waals surface area (Å²) in [4.78, 5) is 13.4. The minimum absolute atomic E-state index is 0.0806. The van der Waals surface area contributed by atoms with Crippen LogP contribution in [-0.4, -0.2) is 30.6 Å². The molecule has 3 heteroatoms. The molecule has 1 aliphatic carbocycles. The smallest absolute Gasteiger partial charge is 0.317 e. The van der Waals surface area contributed by atoms with Crippen LogP contribution in [0.2, 0.25) is 0 Å². The Hall–Kier alpha value is -0.730. The lowest BCUT2D eigenvalue weighted by Crippen LogP contribution is -2.42. The summed E-state index contributed by atoms with van der Waals surface area (Å²) >= 11 is 0. The van der Waals surface area contributed by atoms with Gasteiger partial charge in [0, 0.05) is 19.6 Å². The van der Waals surface area contributed by atoms with Gasteiger partial charge in [-0.3, -0.25) is 0 Å². The van der Waals surface area contributed by atoms with Crippen molar-refractivity contribution in [2.24, 2.45) is 5.92 Å². The van der Waals surface area contributed by atoms with Crippen molar-refractivity contribution in [1.82, 2.24) is 10.2 Å². The molecule has 0 saturated heterocycles. The predicted molar refractivity (Wildman–Crippen MR) is 62.9 cm³/mol. The van der Waals surface area contributed by atoms with Crippen LogP contribution in [0.4, 0.5) is 4.79 Å². The summed E-state index contributed by atoms with van der Waals surface area (Å²) in [5.41, 5.74) is 0. The van der Waals surface area contributed by atoms with Gasteiger partial charge >= 0.3 is 6.03 Å². The molecular weight excluding hydrogens is 188 g/mol. The van der Waals surface area contributed by atoms with Crippen molar-refractivity contribution in [2.75, 3.05) is 13.6 Å². The van der Waals surface area contributed by atoms with Crippen LogP contribution in [0.1, 0.15) is 46.0 Å². The minimum atomic E-state index is 0.0806. The Morgan fingerprint density at radius 3 is 2.73 bits per heavy atom. The number of nitrogens with one attached hydrogen (secondary N) is 1. The van der Waals surface area contributed by atoms with Crippen LogP contribution in [0.5, 0.6) is 0 Å². The monoisotopic (exact) mass is 212 g/mol. The Balaban J connectivity index is 2.34. The molecule has 0 radical (unpaired) electrons. The van der Waals surface area contributed by atoms with Gasteiger partial charge in [0.2, 0.25) is 0 Å². The molecule has 2 amide bonds. The summed E-state index contributed by atoms with van der Waals surface area (Å²) in [5, 5.41) is 3.12. The zero-order valence-corrected chi connectivity index (χ0v) is 10.3. The largest absolute Gasteiger partial charge is 0.335 e. The standard InChI is InChI=1S/C12H24N2O/c1-4-14(3)12(15)13-11-7-5-6-10(2)8-9-11/h10-11H,4-9H2,1-3H3,(H,13,15). The van der Waals surface area contributed by atoms with E-state index in [2.05, 4.69) is 12.2 Å². The van der Waals surface area contributed by atoms with E-state index in [0.717, 1.165) is 25.3 Å². The third-order valence-electron chi connectivity index (χ3n) is 3.41. The lowest BCUT2D eigenvalue weighted by atomic mass is 10.0. The molecule has 1 aliphatic rings. The summed E-state index contributed by atoms with van der Waals surface area (Å²) in [6.45, 7) is 5.08. The zero-order valence-electron chi connectivity index (χ0n) is 10.3. The lowest BCUT2D eigenvalue weighted by molar-refractivity contribution is 0.205. The number of hydrogen-bond acceptors (Lipinski definition) is 1. The van der Waals surface area contributed by atoms with Crippen LogP contribution in [-0.2, 0) is 0 Å². The Labute approximate surface area is 93.2 Å². The van der Waals surface area contributed by atoms with E-state index in [1.807, 2.05) is 14.0 Å². The fourth-order valence-corrected chi connectivity index (χ4v) is 2.06. The number of hydrogen-bond donors (Lipinski definition) is 1. The zero-order chi connectivity index (χ0) is 11.3. The molecular formula is C12H24N2O. The summed E-state index contributed by atoms with van der Waals surface area (Å²) in [5.74, 6) is 0.829. The fourth-order valence-electron chi connectivity index (χ4n) is 2.06. The molecule has 1 fully saturated rings. The first kappa shape index (κ1) is 12.3. The maximum atomic E-state index is 11.7. The van der Waals surface area contributed by atoms with Gasteiger partial charge in [-0.2, -0.15) is 0 Å². The molecule has 3 nitrogen and oxygen atoms in total. The number of amides is 2. The van der Waals surface area contributed by atoms with Gasteiger partial charge in [-0.15, -0.1) is 0 Å². The number of carbonyl (C=O) groups is 1. The van der Waals surface area contributed by atoms with E-state index in [4.69, 9.17) is 0 Å². The van der Waals surface area contributed by atoms with Crippen LogP contribution < -0.4 is 5.32 Å². The van der Waals surface area contributed by atoms with Gasteiger partial charge in [-0.25, -0.2) is 4.79 Å². The lowest BCUT2D eigenvalue weighted by Gasteiger charge is -2.21. The van der Waals surface area contributed by atoms with E-state index in [1.54, 1.807) is 4.90 Å². The summed E-state index contributed by atoms with van der Waals surface area (Å²) in [6.07, 6.45) is 6.11. The van der Waals surface area contributed by atoms with E-state index >= 15 is 0 Å². The molecule has 0 bridgehead atoms. The number of urea groups is 1. The van der Waals surface area contributed by atoms with E-state index in [9.17, 15) is 4.79 Å². The molecule has 0 heterocycles. The third-order valence-corrected chi connectivity index (χ3v) is 3.41. The van der Waals surface area contributed by atoms with Crippen molar-refractivity contribution in [3.05, 3.63) is 0 Å². The maximum absolute atomic E-state index is 11.7. The van der Waals surface area contributed by atoms with Crippen LogP contribution >= 0.6 is 0 Å². The van der Waals surface area contributed by atoms with E-state index in [0.29, 0.717) is 6.04 Å². The SMILES string of the molecule is CCN(C)C(=O)NC1CCCC(C)CC1. The Bertz CT molecular complexity index is 206. The maximum Gasteiger partial charge on any atom is 0.317 e. The molecule has 1 N–H and O–H groups in total. The molecule has 2 unspecified atom stereocenters. The van der Waals surface area contributed by atoms with Gasteiger partial charge < -0.3 is 10.2 Å². The van der Waals surface area contributed by atoms with Gasteiger partial charge in [-0.05, 0) is 32.1 Å². The first-order valence-electron chi connectivity index (χ1n) is 6.15. The van der Waals surface area contributed by atoms with Gasteiger partial charge in [0.05, 0.1) is 0 Å². The van der Waals surface area contributed by atoms with E-state index in [1.165, 1.54) is 19.3 Å². The highest BCUT2D eigenvalue weighted by Gasteiger charge is 2.18. The molecule has 1 rings (SSSR count).